The molecule has 1 unspecified atom stereocenters. The van der Waals surface area contributed by atoms with Crippen LogP contribution in [0.25, 0.3) is 0 Å². The summed E-state index contributed by atoms with van der Waals surface area (Å²) in [5.41, 5.74) is -2.74. The second-order valence-electron chi connectivity index (χ2n) is 3.49. The van der Waals surface area contributed by atoms with Crippen LogP contribution in [0, 0.1) is 0 Å². The number of hydrogen-bond donors (Lipinski definition) is 6. The van der Waals surface area contributed by atoms with Gasteiger partial charge < -0.3 is 30.6 Å². The number of aliphatic carboxylic acids is 4. The molecule has 0 aliphatic carbocycles. The van der Waals surface area contributed by atoms with Crippen molar-refractivity contribution in [1.29, 1.82) is 0 Å². The van der Waals surface area contributed by atoms with Gasteiger partial charge in [-0.05, 0) is 6.92 Å². The summed E-state index contributed by atoms with van der Waals surface area (Å²) in [7, 11) is 0. The van der Waals surface area contributed by atoms with E-state index in [-0.39, 0.29) is 51.4 Å². The fourth-order valence-corrected chi connectivity index (χ4v) is 0.714. The molecule has 20 heavy (non-hydrogen) atoms. The fraction of sp³-hybridized carbons (Fsp3) is 0.556. The van der Waals surface area contributed by atoms with E-state index in [9.17, 15) is 19.2 Å². The first-order chi connectivity index (χ1) is 8.42. The van der Waals surface area contributed by atoms with Crippen LogP contribution in [0.1, 0.15) is 19.8 Å². The molecule has 0 aromatic heterocycles. The van der Waals surface area contributed by atoms with Gasteiger partial charge in [-0.1, -0.05) is 0 Å². The van der Waals surface area contributed by atoms with Gasteiger partial charge in [0.15, 0.2) is 5.60 Å². The third kappa shape index (κ3) is 12.5. The van der Waals surface area contributed by atoms with Crippen LogP contribution in [0.15, 0.2) is 0 Å². The van der Waals surface area contributed by atoms with Gasteiger partial charge in [-0.25, -0.2) is 9.59 Å². The molecule has 0 rings (SSSR count). The van der Waals surface area contributed by atoms with Gasteiger partial charge in [-0.2, -0.15) is 0 Å². The molecule has 1 atom stereocenters. The van der Waals surface area contributed by atoms with E-state index < -0.39 is 48.4 Å². The summed E-state index contributed by atoms with van der Waals surface area (Å²) in [5.74, 6) is -6.20. The Morgan fingerprint density at radius 3 is 1.30 bits per heavy atom. The maximum atomic E-state index is 10.3. The molecular weight excluding hydrogens is 307 g/mol. The van der Waals surface area contributed by atoms with Crippen LogP contribution in [0.3, 0.4) is 0 Å². The molecular formula is C9H15KO10. The molecule has 0 spiro atoms. The van der Waals surface area contributed by atoms with Gasteiger partial charge in [-0.3, -0.25) is 9.59 Å². The molecule has 0 heterocycles. The standard InChI is InChI=1S/C6H8O7.C3H6O3.K.H/c7-3(8)1-6(13,5(11)12)2-4(9)10;1-2(4)3(5)6;;/h13H,1-2H2,(H,7,8)(H,9,10)(H,11,12);2,4H,1H3,(H,5,6);;. The first-order valence-electron chi connectivity index (χ1n) is 4.72. The van der Waals surface area contributed by atoms with Crippen molar-refractivity contribution in [1.82, 2.24) is 0 Å². The molecule has 10 nitrogen and oxygen atoms in total. The number of rotatable bonds is 6. The minimum atomic E-state index is -2.74. The molecule has 0 aliphatic rings. The Morgan fingerprint density at radius 1 is 0.950 bits per heavy atom. The molecule has 0 aromatic rings. The first-order valence-corrected chi connectivity index (χ1v) is 4.72. The van der Waals surface area contributed by atoms with E-state index in [1.165, 1.54) is 6.92 Å². The van der Waals surface area contributed by atoms with Crippen molar-refractivity contribution in [2.75, 3.05) is 0 Å². The van der Waals surface area contributed by atoms with Crippen LogP contribution in [-0.4, -0.2) is 118 Å². The average Bonchev–Trinajstić information content (AvgIpc) is 2.14. The molecule has 6 N–H and O–H groups in total. The Morgan fingerprint density at radius 2 is 1.20 bits per heavy atom. The number of carbonyl (C=O) groups is 4. The molecule has 0 radical (unpaired) electrons. The molecule has 0 fully saturated rings. The molecule has 11 heteroatoms. The molecule has 112 valence electrons. The van der Waals surface area contributed by atoms with Crippen LogP contribution < -0.4 is 0 Å². The van der Waals surface area contributed by atoms with E-state index in [1.54, 1.807) is 0 Å². The Balaban J connectivity index is -0.000000352. The Labute approximate surface area is 155 Å². The van der Waals surface area contributed by atoms with Crippen molar-refractivity contribution in [2.24, 2.45) is 0 Å². The first kappa shape index (κ1) is 24.5. The molecule has 0 saturated carbocycles. The van der Waals surface area contributed by atoms with E-state index >= 15 is 0 Å². The number of carboxylic acids is 4. The summed E-state index contributed by atoms with van der Waals surface area (Å²) in [5, 5.41) is 49.6. The van der Waals surface area contributed by atoms with Gasteiger partial charge in [0.1, 0.15) is 6.10 Å². The number of aliphatic hydroxyl groups is 2. The van der Waals surface area contributed by atoms with E-state index in [2.05, 4.69) is 0 Å². The van der Waals surface area contributed by atoms with Crippen molar-refractivity contribution < 1.29 is 49.8 Å². The zero-order valence-corrected chi connectivity index (χ0v) is 9.81. The van der Waals surface area contributed by atoms with Gasteiger partial charge in [0.25, 0.3) is 0 Å². The van der Waals surface area contributed by atoms with Gasteiger partial charge in [0, 0.05) is 0 Å². The maximum absolute atomic E-state index is 10.3. The Hall–Kier alpha value is -0.564. The van der Waals surface area contributed by atoms with Crippen LogP contribution >= 0.6 is 0 Å². The predicted octanol–water partition coefficient (Wildman–Crippen LogP) is -2.45. The zero-order valence-electron chi connectivity index (χ0n) is 9.81. The van der Waals surface area contributed by atoms with E-state index in [1.807, 2.05) is 0 Å². The SMILES string of the molecule is CC(O)C(=O)O.O=C(O)CC(O)(CC(=O)O)C(=O)O.[KH]. The molecule has 0 amide bonds. The van der Waals surface area contributed by atoms with Gasteiger partial charge in [0.05, 0.1) is 12.8 Å². The topological polar surface area (TPSA) is 190 Å². The third-order valence-corrected chi connectivity index (χ3v) is 1.64. The molecule has 0 aromatic carbocycles. The third-order valence-electron chi connectivity index (χ3n) is 1.64. The van der Waals surface area contributed by atoms with Gasteiger partial charge >= 0.3 is 75.3 Å². The summed E-state index contributed by atoms with van der Waals surface area (Å²) in [4.78, 5) is 39.9. The van der Waals surface area contributed by atoms with Crippen LogP contribution in [0.5, 0.6) is 0 Å². The molecule has 0 bridgehead atoms. The number of hydrogen-bond acceptors (Lipinski definition) is 6. The van der Waals surface area contributed by atoms with Crippen LogP contribution in [-0.2, 0) is 19.2 Å². The van der Waals surface area contributed by atoms with Crippen molar-refractivity contribution in [3.8, 4) is 0 Å². The van der Waals surface area contributed by atoms with E-state index in [4.69, 9.17) is 30.6 Å². The van der Waals surface area contributed by atoms with Crippen molar-refractivity contribution in [2.45, 2.75) is 31.5 Å². The minimum absolute atomic E-state index is 0. The zero-order chi connectivity index (χ0) is 15.8. The normalized spacial score (nSPS) is 11.2. The summed E-state index contributed by atoms with van der Waals surface area (Å²) < 4.78 is 0. The van der Waals surface area contributed by atoms with Crippen LogP contribution in [0.2, 0.25) is 0 Å². The fourth-order valence-electron chi connectivity index (χ4n) is 0.714. The van der Waals surface area contributed by atoms with Crippen molar-refractivity contribution >= 4 is 75.3 Å². The van der Waals surface area contributed by atoms with Gasteiger partial charge in [-0.15, -0.1) is 0 Å². The van der Waals surface area contributed by atoms with Crippen molar-refractivity contribution in [3.63, 3.8) is 0 Å². The predicted molar refractivity (Wildman–Crippen MR) is 63.6 cm³/mol. The van der Waals surface area contributed by atoms with Crippen LogP contribution in [0.4, 0.5) is 0 Å². The Bertz CT molecular complexity index is 348. The summed E-state index contributed by atoms with van der Waals surface area (Å²) in [6.07, 6.45) is -3.52. The summed E-state index contributed by atoms with van der Waals surface area (Å²) in [6.45, 7) is 1.20. The Kier molecular flexibility index (Phi) is 13.6. The van der Waals surface area contributed by atoms with E-state index in [0.717, 1.165) is 0 Å². The quantitative estimate of drug-likeness (QED) is 0.286. The number of carboxylic acid groups (broad SMARTS) is 4. The second kappa shape index (κ2) is 11.1. The molecule has 0 saturated heterocycles. The number of aliphatic hydroxyl groups excluding tert-OH is 1. The monoisotopic (exact) mass is 322 g/mol. The second-order valence-corrected chi connectivity index (χ2v) is 3.49. The van der Waals surface area contributed by atoms with E-state index in [0.29, 0.717) is 0 Å². The van der Waals surface area contributed by atoms with Crippen molar-refractivity contribution in [3.05, 3.63) is 0 Å². The summed E-state index contributed by atoms with van der Waals surface area (Å²) in [6, 6.07) is 0. The average molecular weight is 322 g/mol. The summed E-state index contributed by atoms with van der Waals surface area (Å²) >= 11 is 0. The molecule has 0 aliphatic heterocycles. The van der Waals surface area contributed by atoms with Gasteiger partial charge in [0.2, 0.25) is 0 Å².